The number of morpholine rings is 1. The Kier molecular flexibility index (Phi) is 3.68. The first-order chi connectivity index (χ1) is 9.24. The molecule has 0 radical (unpaired) electrons. The summed E-state index contributed by atoms with van der Waals surface area (Å²) in [4.78, 5) is 6.49. The van der Waals surface area contributed by atoms with Crippen molar-refractivity contribution in [2.45, 2.75) is 37.5 Å². The quantitative estimate of drug-likeness (QED) is 0.827. The van der Waals surface area contributed by atoms with E-state index in [1.807, 2.05) is 0 Å². The van der Waals surface area contributed by atoms with Gasteiger partial charge in [-0.05, 0) is 31.0 Å². The first-order valence-electron chi connectivity index (χ1n) is 6.96. The van der Waals surface area contributed by atoms with Gasteiger partial charge >= 0.3 is 0 Å². The number of fused-ring (bicyclic) bond motifs is 1. The molecule has 3 unspecified atom stereocenters. The highest BCUT2D eigenvalue weighted by atomic mass is 16.5. The average molecular weight is 263 g/mol. The van der Waals surface area contributed by atoms with E-state index >= 15 is 0 Å². The SMILES string of the molecule is Nc1ccncc1CC(O)C1CN2CCCC2CO1. The number of nitrogens with zero attached hydrogens (tertiary/aromatic N) is 2. The van der Waals surface area contributed by atoms with Crippen molar-refractivity contribution >= 4 is 5.69 Å². The molecular weight excluding hydrogens is 242 g/mol. The first-order valence-corrected chi connectivity index (χ1v) is 6.96. The molecule has 2 fully saturated rings. The minimum Gasteiger partial charge on any atom is -0.398 e. The van der Waals surface area contributed by atoms with Gasteiger partial charge in [0.2, 0.25) is 0 Å². The van der Waals surface area contributed by atoms with E-state index in [-0.39, 0.29) is 6.10 Å². The van der Waals surface area contributed by atoms with Gasteiger partial charge in [0.25, 0.3) is 0 Å². The van der Waals surface area contributed by atoms with E-state index in [4.69, 9.17) is 10.5 Å². The second kappa shape index (κ2) is 5.45. The largest absolute Gasteiger partial charge is 0.398 e. The molecule has 5 nitrogen and oxygen atoms in total. The zero-order valence-corrected chi connectivity index (χ0v) is 11.0. The molecule has 1 aromatic rings. The fraction of sp³-hybridized carbons (Fsp3) is 0.643. The van der Waals surface area contributed by atoms with Crippen LogP contribution in [-0.2, 0) is 11.2 Å². The van der Waals surface area contributed by atoms with Crippen molar-refractivity contribution in [3.8, 4) is 0 Å². The summed E-state index contributed by atoms with van der Waals surface area (Å²) in [7, 11) is 0. The van der Waals surface area contributed by atoms with E-state index in [2.05, 4.69) is 9.88 Å². The minimum absolute atomic E-state index is 0.117. The lowest BCUT2D eigenvalue weighted by Crippen LogP contribution is -2.50. The third kappa shape index (κ3) is 2.73. The van der Waals surface area contributed by atoms with Crippen LogP contribution >= 0.6 is 0 Å². The average Bonchev–Trinajstić information content (AvgIpc) is 2.88. The maximum atomic E-state index is 10.3. The minimum atomic E-state index is -0.520. The smallest absolute Gasteiger partial charge is 0.0964 e. The highest BCUT2D eigenvalue weighted by Crippen LogP contribution is 2.25. The summed E-state index contributed by atoms with van der Waals surface area (Å²) in [5.41, 5.74) is 7.46. The van der Waals surface area contributed by atoms with E-state index in [1.165, 1.54) is 12.8 Å². The Labute approximate surface area is 113 Å². The molecule has 2 aliphatic heterocycles. The lowest BCUT2D eigenvalue weighted by molar-refractivity contribution is -0.101. The Morgan fingerprint density at radius 1 is 1.58 bits per heavy atom. The number of aliphatic hydroxyl groups excluding tert-OH is 1. The third-order valence-electron chi connectivity index (χ3n) is 4.22. The fourth-order valence-corrected chi connectivity index (χ4v) is 3.04. The van der Waals surface area contributed by atoms with Gasteiger partial charge < -0.3 is 15.6 Å². The summed E-state index contributed by atoms with van der Waals surface area (Å²) in [6, 6.07) is 2.33. The molecule has 19 heavy (non-hydrogen) atoms. The second-order valence-corrected chi connectivity index (χ2v) is 5.51. The number of anilines is 1. The number of hydrogen-bond acceptors (Lipinski definition) is 5. The van der Waals surface area contributed by atoms with Crippen LogP contribution in [0.3, 0.4) is 0 Å². The van der Waals surface area contributed by atoms with Crippen molar-refractivity contribution in [3.05, 3.63) is 24.0 Å². The normalized spacial score (nSPS) is 29.1. The van der Waals surface area contributed by atoms with Crippen molar-refractivity contribution in [2.75, 3.05) is 25.4 Å². The molecule has 3 atom stereocenters. The van der Waals surface area contributed by atoms with Crippen LogP contribution in [0, 0.1) is 0 Å². The Bertz CT molecular complexity index is 440. The standard InChI is InChI=1S/C14H21N3O2/c15-12-3-4-16-7-10(12)6-13(18)14-8-17-5-1-2-11(17)9-19-14/h3-4,7,11,13-14,18H,1-2,5-6,8-9H2,(H2,15,16). The number of ether oxygens (including phenoxy) is 1. The van der Waals surface area contributed by atoms with E-state index in [9.17, 15) is 5.11 Å². The fourth-order valence-electron chi connectivity index (χ4n) is 3.04. The van der Waals surface area contributed by atoms with Crippen LogP contribution in [0.25, 0.3) is 0 Å². The molecule has 0 aromatic carbocycles. The summed E-state index contributed by atoms with van der Waals surface area (Å²) in [5.74, 6) is 0. The number of nitrogen functional groups attached to an aromatic ring is 1. The Morgan fingerprint density at radius 2 is 2.47 bits per heavy atom. The van der Waals surface area contributed by atoms with Crippen molar-refractivity contribution < 1.29 is 9.84 Å². The number of hydrogen-bond donors (Lipinski definition) is 2. The van der Waals surface area contributed by atoms with Gasteiger partial charge in [-0.15, -0.1) is 0 Å². The van der Waals surface area contributed by atoms with Gasteiger partial charge in [0.05, 0.1) is 18.8 Å². The monoisotopic (exact) mass is 263 g/mol. The van der Waals surface area contributed by atoms with Crippen LogP contribution in [0.1, 0.15) is 18.4 Å². The predicted octanol–water partition coefficient (Wildman–Crippen LogP) is 0.430. The van der Waals surface area contributed by atoms with Gasteiger partial charge in [0.15, 0.2) is 0 Å². The van der Waals surface area contributed by atoms with Crippen molar-refractivity contribution in [1.82, 2.24) is 9.88 Å². The van der Waals surface area contributed by atoms with Crippen molar-refractivity contribution in [2.24, 2.45) is 0 Å². The maximum Gasteiger partial charge on any atom is 0.0964 e. The molecule has 104 valence electrons. The number of nitrogens with two attached hydrogens (primary N) is 1. The highest BCUT2D eigenvalue weighted by molar-refractivity contribution is 5.44. The molecule has 3 rings (SSSR count). The van der Waals surface area contributed by atoms with Gasteiger partial charge in [-0.3, -0.25) is 9.88 Å². The zero-order valence-electron chi connectivity index (χ0n) is 11.0. The van der Waals surface area contributed by atoms with Gasteiger partial charge in [0, 0.05) is 37.1 Å². The van der Waals surface area contributed by atoms with Crippen molar-refractivity contribution in [3.63, 3.8) is 0 Å². The first kappa shape index (κ1) is 12.8. The van der Waals surface area contributed by atoms with Gasteiger partial charge in [0.1, 0.15) is 0 Å². The summed E-state index contributed by atoms with van der Waals surface area (Å²) >= 11 is 0. The molecular formula is C14H21N3O2. The molecule has 3 N–H and O–H groups in total. The van der Waals surface area contributed by atoms with Crippen LogP contribution in [0.4, 0.5) is 5.69 Å². The highest BCUT2D eigenvalue weighted by Gasteiger charge is 2.35. The lowest BCUT2D eigenvalue weighted by atomic mass is 10.0. The van der Waals surface area contributed by atoms with Crippen LogP contribution in [0.2, 0.25) is 0 Å². The molecule has 0 amide bonds. The zero-order chi connectivity index (χ0) is 13.2. The molecule has 0 aliphatic carbocycles. The number of aliphatic hydroxyl groups is 1. The third-order valence-corrected chi connectivity index (χ3v) is 4.22. The van der Waals surface area contributed by atoms with Crippen LogP contribution in [-0.4, -0.2) is 52.9 Å². The van der Waals surface area contributed by atoms with Gasteiger partial charge in [-0.2, -0.15) is 0 Å². The molecule has 0 spiro atoms. The summed E-state index contributed by atoms with van der Waals surface area (Å²) < 4.78 is 5.81. The predicted molar refractivity (Wildman–Crippen MR) is 72.7 cm³/mol. The topological polar surface area (TPSA) is 71.6 Å². The maximum absolute atomic E-state index is 10.3. The molecule has 5 heteroatoms. The van der Waals surface area contributed by atoms with Crippen molar-refractivity contribution in [1.29, 1.82) is 0 Å². The van der Waals surface area contributed by atoms with Crippen LogP contribution < -0.4 is 5.73 Å². The van der Waals surface area contributed by atoms with E-state index in [1.54, 1.807) is 18.5 Å². The van der Waals surface area contributed by atoms with E-state index < -0.39 is 6.10 Å². The molecule has 0 bridgehead atoms. The Morgan fingerprint density at radius 3 is 3.32 bits per heavy atom. The molecule has 2 saturated heterocycles. The molecule has 1 aromatic heterocycles. The summed E-state index contributed by atoms with van der Waals surface area (Å²) in [6.45, 7) is 2.70. The van der Waals surface area contributed by atoms with Gasteiger partial charge in [-0.25, -0.2) is 0 Å². The Balaban J connectivity index is 1.61. The van der Waals surface area contributed by atoms with E-state index in [0.29, 0.717) is 18.2 Å². The molecule has 3 heterocycles. The van der Waals surface area contributed by atoms with Gasteiger partial charge in [-0.1, -0.05) is 0 Å². The number of pyridine rings is 1. The summed E-state index contributed by atoms with van der Waals surface area (Å²) in [6.07, 6.45) is 5.71. The Hall–Kier alpha value is -1.17. The summed E-state index contributed by atoms with van der Waals surface area (Å²) in [5, 5.41) is 10.3. The van der Waals surface area contributed by atoms with Crippen LogP contribution in [0.15, 0.2) is 18.5 Å². The van der Waals surface area contributed by atoms with Crippen LogP contribution in [0.5, 0.6) is 0 Å². The lowest BCUT2D eigenvalue weighted by Gasteiger charge is -2.37. The van der Waals surface area contributed by atoms with E-state index in [0.717, 1.165) is 25.3 Å². The second-order valence-electron chi connectivity index (χ2n) is 5.51. The molecule has 2 aliphatic rings. The molecule has 0 saturated carbocycles. The number of rotatable bonds is 3. The number of aromatic nitrogens is 1.